The van der Waals surface area contributed by atoms with E-state index in [0.29, 0.717) is 5.69 Å². The number of hydrogen-bond acceptors (Lipinski definition) is 4. The molecule has 0 spiro atoms. The number of nitrogens with zero attached hydrogens (tertiary/aromatic N) is 1. The van der Waals surface area contributed by atoms with E-state index in [9.17, 15) is 0 Å². The molecule has 0 aromatic carbocycles. The second-order valence-corrected chi connectivity index (χ2v) is 2.20. The van der Waals surface area contributed by atoms with Gasteiger partial charge in [-0.2, -0.15) is 0 Å². The fourth-order valence-corrected chi connectivity index (χ4v) is 0.781. The van der Waals surface area contributed by atoms with E-state index in [1.54, 1.807) is 6.07 Å². The van der Waals surface area contributed by atoms with Crippen LogP contribution in [0.1, 0.15) is 11.7 Å². The fraction of sp³-hybridized carbons (Fsp3) is 0.286. The number of aliphatic hydroxyl groups is 1. The van der Waals surface area contributed by atoms with Crippen LogP contribution in [0.5, 0.6) is 5.75 Å². The minimum absolute atomic E-state index is 0.0223. The van der Waals surface area contributed by atoms with Crippen LogP contribution in [-0.4, -0.2) is 21.8 Å². The summed E-state index contributed by atoms with van der Waals surface area (Å²) < 4.78 is 0. The lowest BCUT2D eigenvalue weighted by Gasteiger charge is -2.07. The summed E-state index contributed by atoms with van der Waals surface area (Å²) in [7, 11) is 0. The van der Waals surface area contributed by atoms with E-state index in [2.05, 4.69) is 4.98 Å². The molecule has 4 heteroatoms. The first-order valence-corrected chi connectivity index (χ1v) is 3.26. The van der Waals surface area contributed by atoms with Crippen molar-refractivity contribution in [3.8, 4) is 5.75 Å². The summed E-state index contributed by atoms with van der Waals surface area (Å²) in [5, 5.41) is 17.8. The summed E-state index contributed by atoms with van der Waals surface area (Å²) in [6.07, 6.45) is 1.52. The summed E-state index contributed by atoms with van der Waals surface area (Å²) in [4.78, 5) is 3.81. The Morgan fingerprint density at radius 2 is 2.36 bits per heavy atom. The fourth-order valence-electron chi connectivity index (χ4n) is 0.781. The maximum absolute atomic E-state index is 9.16. The van der Waals surface area contributed by atoms with E-state index >= 15 is 0 Å². The second-order valence-electron chi connectivity index (χ2n) is 2.20. The molecular weight excluding hydrogens is 144 g/mol. The first-order chi connectivity index (χ1) is 5.25. The molecule has 0 aliphatic rings. The highest BCUT2D eigenvalue weighted by atomic mass is 16.3. The largest absolute Gasteiger partial charge is 0.506 e. The normalized spacial score (nSPS) is 12.9. The molecule has 0 amide bonds. The molecule has 1 rings (SSSR count). The lowest BCUT2D eigenvalue weighted by atomic mass is 10.2. The SMILES string of the molecule is NC(CO)c1ncccc1O. The highest BCUT2D eigenvalue weighted by molar-refractivity contribution is 5.27. The minimum Gasteiger partial charge on any atom is -0.506 e. The molecule has 1 atom stereocenters. The molecule has 11 heavy (non-hydrogen) atoms. The molecule has 0 bridgehead atoms. The van der Waals surface area contributed by atoms with E-state index in [4.69, 9.17) is 15.9 Å². The van der Waals surface area contributed by atoms with Gasteiger partial charge in [-0.3, -0.25) is 4.98 Å². The van der Waals surface area contributed by atoms with E-state index in [0.717, 1.165) is 0 Å². The predicted molar refractivity (Wildman–Crippen MR) is 39.9 cm³/mol. The second kappa shape index (κ2) is 3.32. The zero-order valence-electron chi connectivity index (χ0n) is 5.94. The van der Waals surface area contributed by atoms with Gasteiger partial charge >= 0.3 is 0 Å². The number of aromatic hydroxyl groups is 1. The maximum Gasteiger partial charge on any atom is 0.138 e. The molecule has 1 unspecified atom stereocenters. The number of aliphatic hydroxyl groups excluding tert-OH is 1. The van der Waals surface area contributed by atoms with Crippen LogP contribution >= 0.6 is 0 Å². The zero-order chi connectivity index (χ0) is 8.27. The van der Waals surface area contributed by atoms with Crippen LogP contribution in [0.2, 0.25) is 0 Å². The van der Waals surface area contributed by atoms with Gasteiger partial charge in [-0.15, -0.1) is 0 Å². The highest BCUT2D eigenvalue weighted by Crippen LogP contribution is 2.17. The van der Waals surface area contributed by atoms with Crippen molar-refractivity contribution < 1.29 is 10.2 Å². The minimum atomic E-state index is -0.601. The number of nitrogens with two attached hydrogens (primary N) is 1. The Balaban J connectivity index is 2.93. The number of rotatable bonds is 2. The van der Waals surface area contributed by atoms with E-state index in [-0.39, 0.29) is 12.4 Å². The average Bonchev–Trinajstić information content (AvgIpc) is 2.04. The third-order valence-electron chi connectivity index (χ3n) is 1.36. The van der Waals surface area contributed by atoms with Crippen molar-refractivity contribution in [2.24, 2.45) is 5.73 Å². The lowest BCUT2D eigenvalue weighted by Crippen LogP contribution is -2.15. The monoisotopic (exact) mass is 154 g/mol. The number of aromatic nitrogens is 1. The van der Waals surface area contributed by atoms with Gasteiger partial charge in [0.05, 0.1) is 12.6 Å². The molecule has 1 heterocycles. The van der Waals surface area contributed by atoms with E-state index in [1.165, 1.54) is 12.3 Å². The van der Waals surface area contributed by atoms with E-state index < -0.39 is 6.04 Å². The Hall–Kier alpha value is -1.13. The molecule has 0 fully saturated rings. The third-order valence-corrected chi connectivity index (χ3v) is 1.36. The van der Waals surface area contributed by atoms with Gasteiger partial charge in [-0.05, 0) is 12.1 Å². The van der Waals surface area contributed by atoms with Crippen LogP contribution in [0.4, 0.5) is 0 Å². The van der Waals surface area contributed by atoms with Crippen molar-refractivity contribution in [1.29, 1.82) is 0 Å². The maximum atomic E-state index is 9.16. The van der Waals surface area contributed by atoms with Crippen molar-refractivity contribution in [3.05, 3.63) is 24.0 Å². The molecule has 1 aromatic heterocycles. The summed E-state index contributed by atoms with van der Waals surface area (Å²) >= 11 is 0. The van der Waals surface area contributed by atoms with Gasteiger partial charge in [-0.25, -0.2) is 0 Å². The summed E-state index contributed by atoms with van der Waals surface area (Å²) in [6, 6.07) is 2.48. The Morgan fingerprint density at radius 1 is 1.64 bits per heavy atom. The van der Waals surface area contributed by atoms with Crippen molar-refractivity contribution in [2.75, 3.05) is 6.61 Å². The highest BCUT2D eigenvalue weighted by Gasteiger charge is 2.09. The molecule has 0 radical (unpaired) electrons. The quantitative estimate of drug-likeness (QED) is 0.550. The summed E-state index contributed by atoms with van der Waals surface area (Å²) in [5.41, 5.74) is 5.75. The van der Waals surface area contributed by atoms with Gasteiger partial charge < -0.3 is 15.9 Å². The molecule has 4 N–H and O–H groups in total. The van der Waals surface area contributed by atoms with Crippen LogP contribution in [0.25, 0.3) is 0 Å². The Morgan fingerprint density at radius 3 is 2.91 bits per heavy atom. The molecule has 0 saturated heterocycles. The van der Waals surface area contributed by atoms with Gasteiger partial charge in [0.1, 0.15) is 11.4 Å². The third kappa shape index (κ3) is 1.66. The van der Waals surface area contributed by atoms with Crippen molar-refractivity contribution in [3.63, 3.8) is 0 Å². The standard InChI is InChI=1S/C7H10N2O2/c8-5(4-10)7-6(11)2-1-3-9-7/h1-3,5,10-11H,4,8H2. The number of pyridine rings is 1. The van der Waals surface area contributed by atoms with Crippen molar-refractivity contribution in [2.45, 2.75) is 6.04 Å². The topological polar surface area (TPSA) is 79.4 Å². The van der Waals surface area contributed by atoms with Gasteiger partial charge in [-0.1, -0.05) is 0 Å². The van der Waals surface area contributed by atoms with Crippen LogP contribution in [0, 0.1) is 0 Å². The lowest BCUT2D eigenvalue weighted by molar-refractivity contribution is 0.262. The Labute approximate surface area is 64.3 Å². The molecule has 1 aromatic rings. The molecule has 0 saturated carbocycles. The molecule has 60 valence electrons. The average molecular weight is 154 g/mol. The first kappa shape index (κ1) is 7.97. The van der Waals surface area contributed by atoms with Crippen LogP contribution < -0.4 is 5.73 Å². The molecule has 0 aliphatic heterocycles. The zero-order valence-corrected chi connectivity index (χ0v) is 5.94. The van der Waals surface area contributed by atoms with Gasteiger partial charge in [0.15, 0.2) is 0 Å². The molecular formula is C7H10N2O2. The Kier molecular flexibility index (Phi) is 2.40. The van der Waals surface area contributed by atoms with Gasteiger partial charge in [0, 0.05) is 6.20 Å². The van der Waals surface area contributed by atoms with Crippen molar-refractivity contribution >= 4 is 0 Å². The van der Waals surface area contributed by atoms with Crippen molar-refractivity contribution in [1.82, 2.24) is 4.98 Å². The Bertz CT molecular complexity index is 240. The summed E-state index contributed by atoms with van der Waals surface area (Å²) in [5.74, 6) is 0.0223. The number of hydrogen-bond donors (Lipinski definition) is 3. The van der Waals surface area contributed by atoms with Crippen LogP contribution in [0.15, 0.2) is 18.3 Å². The molecule has 4 nitrogen and oxygen atoms in total. The van der Waals surface area contributed by atoms with Gasteiger partial charge in [0.2, 0.25) is 0 Å². The van der Waals surface area contributed by atoms with Crippen LogP contribution in [0.3, 0.4) is 0 Å². The summed E-state index contributed by atoms with van der Waals surface area (Å²) in [6.45, 7) is -0.218. The molecule has 0 aliphatic carbocycles. The first-order valence-electron chi connectivity index (χ1n) is 3.26. The predicted octanol–water partition coefficient (Wildman–Crippen LogP) is -0.221. The van der Waals surface area contributed by atoms with Gasteiger partial charge in [0.25, 0.3) is 0 Å². The van der Waals surface area contributed by atoms with E-state index in [1.807, 2.05) is 0 Å². The smallest absolute Gasteiger partial charge is 0.138 e. The van der Waals surface area contributed by atoms with Crippen LogP contribution in [-0.2, 0) is 0 Å².